The van der Waals surface area contributed by atoms with Crippen LogP contribution in [-0.4, -0.2) is 24.8 Å². The number of rotatable bonds is 0. The highest BCUT2D eigenvalue weighted by Crippen LogP contribution is 2.48. The standard InChI is InChI=1S/C12H18O3/c13-11-5-6-12(14-7-8-15-12)10-4-2-1-3-9(10)11/h9-10H,1-8H2/t9-,10+/m0/s1. The van der Waals surface area contributed by atoms with E-state index < -0.39 is 0 Å². The lowest BCUT2D eigenvalue weighted by atomic mass is 9.67. The first-order valence-electron chi connectivity index (χ1n) is 6.12. The summed E-state index contributed by atoms with van der Waals surface area (Å²) >= 11 is 0. The molecule has 0 N–H and O–H groups in total. The van der Waals surface area contributed by atoms with Gasteiger partial charge in [0.15, 0.2) is 5.79 Å². The molecule has 15 heavy (non-hydrogen) atoms. The number of hydrogen-bond acceptors (Lipinski definition) is 3. The molecule has 3 nitrogen and oxygen atoms in total. The van der Waals surface area contributed by atoms with Gasteiger partial charge in [-0.3, -0.25) is 4.79 Å². The molecule has 0 bridgehead atoms. The van der Waals surface area contributed by atoms with Crippen molar-refractivity contribution in [2.75, 3.05) is 13.2 Å². The fourth-order valence-corrected chi connectivity index (χ4v) is 3.54. The summed E-state index contributed by atoms with van der Waals surface area (Å²) in [5.74, 6) is 0.643. The van der Waals surface area contributed by atoms with E-state index in [1.54, 1.807) is 0 Å². The first-order chi connectivity index (χ1) is 7.32. The first-order valence-corrected chi connectivity index (χ1v) is 6.12. The van der Waals surface area contributed by atoms with E-state index in [1.807, 2.05) is 0 Å². The van der Waals surface area contributed by atoms with Crippen molar-refractivity contribution < 1.29 is 14.3 Å². The summed E-state index contributed by atoms with van der Waals surface area (Å²) in [5.41, 5.74) is 0. The number of ketones is 1. The number of hydrogen-bond donors (Lipinski definition) is 0. The van der Waals surface area contributed by atoms with Crippen molar-refractivity contribution in [3.63, 3.8) is 0 Å². The van der Waals surface area contributed by atoms with Gasteiger partial charge in [-0.25, -0.2) is 0 Å². The maximum atomic E-state index is 11.9. The van der Waals surface area contributed by atoms with Crippen LogP contribution in [0.1, 0.15) is 38.5 Å². The lowest BCUT2D eigenvalue weighted by Gasteiger charge is -2.45. The third-order valence-corrected chi connectivity index (χ3v) is 4.24. The lowest BCUT2D eigenvalue weighted by Crippen LogP contribution is -2.50. The summed E-state index contributed by atoms with van der Waals surface area (Å²) in [6.07, 6.45) is 6.02. The van der Waals surface area contributed by atoms with E-state index in [1.165, 1.54) is 12.8 Å². The van der Waals surface area contributed by atoms with Crippen molar-refractivity contribution in [1.29, 1.82) is 0 Å². The van der Waals surface area contributed by atoms with Crippen molar-refractivity contribution in [2.24, 2.45) is 11.8 Å². The fourth-order valence-electron chi connectivity index (χ4n) is 3.54. The van der Waals surface area contributed by atoms with E-state index in [-0.39, 0.29) is 11.7 Å². The van der Waals surface area contributed by atoms with Crippen LogP contribution in [0.4, 0.5) is 0 Å². The number of fused-ring (bicyclic) bond motifs is 2. The van der Waals surface area contributed by atoms with Crippen LogP contribution in [0.25, 0.3) is 0 Å². The van der Waals surface area contributed by atoms with Crippen LogP contribution < -0.4 is 0 Å². The molecule has 0 amide bonds. The van der Waals surface area contributed by atoms with Crippen LogP contribution in [0.3, 0.4) is 0 Å². The van der Waals surface area contributed by atoms with Gasteiger partial charge in [0, 0.05) is 24.7 Å². The molecule has 0 radical (unpaired) electrons. The van der Waals surface area contributed by atoms with Crippen LogP contribution in [-0.2, 0) is 14.3 Å². The highest BCUT2D eigenvalue weighted by atomic mass is 16.7. The van der Waals surface area contributed by atoms with Crippen molar-refractivity contribution in [3.05, 3.63) is 0 Å². The minimum atomic E-state index is -0.376. The third kappa shape index (κ3) is 1.44. The number of Topliss-reactive ketones (excluding diaryl/α,β-unsaturated/α-hetero) is 1. The Kier molecular flexibility index (Phi) is 2.33. The Hall–Kier alpha value is -0.410. The molecule has 2 atom stereocenters. The highest BCUT2D eigenvalue weighted by molar-refractivity contribution is 5.82. The molecular weight excluding hydrogens is 192 g/mol. The van der Waals surface area contributed by atoms with Crippen molar-refractivity contribution in [2.45, 2.75) is 44.3 Å². The van der Waals surface area contributed by atoms with E-state index in [2.05, 4.69) is 0 Å². The van der Waals surface area contributed by atoms with Gasteiger partial charge in [0.25, 0.3) is 0 Å². The summed E-state index contributed by atoms with van der Waals surface area (Å²) in [6.45, 7) is 1.41. The Balaban J connectivity index is 1.87. The average molecular weight is 210 g/mol. The van der Waals surface area contributed by atoms with Gasteiger partial charge in [-0.1, -0.05) is 12.8 Å². The Bertz CT molecular complexity index is 268. The van der Waals surface area contributed by atoms with E-state index in [0.29, 0.717) is 31.3 Å². The van der Waals surface area contributed by atoms with Crippen LogP contribution in [0.2, 0.25) is 0 Å². The van der Waals surface area contributed by atoms with Crippen LogP contribution in [0.5, 0.6) is 0 Å². The number of ether oxygens (including phenoxy) is 2. The summed E-state index contributed by atoms with van der Waals surface area (Å²) in [6, 6.07) is 0. The normalized spacial score (nSPS) is 39.3. The predicted octanol–water partition coefficient (Wildman–Crippen LogP) is 1.90. The van der Waals surface area contributed by atoms with Crippen molar-refractivity contribution in [1.82, 2.24) is 0 Å². The minimum absolute atomic E-state index is 0.227. The molecule has 84 valence electrons. The maximum absolute atomic E-state index is 11.9. The SMILES string of the molecule is O=C1CCC2(OCCO2)[C@@H]2CCCC[C@H]12. The van der Waals surface area contributed by atoms with E-state index in [0.717, 1.165) is 19.3 Å². The van der Waals surface area contributed by atoms with Gasteiger partial charge in [-0.2, -0.15) is 0 Å². The second-order valence-corrected chi connectivity index (χ2v) is 4.97. The summed E-state index contributed by atoms with van der Waals surface area (Å²) in [5, 5.41) is 0. The summed E-state index contributed by atoms with van der Waals surface area (Å²) in [4.78, 5) is 11.9. The van der Waals surface area contributed by atoms with Crippen molar-refractivity contribution in [3.8, 4) is 0 Å². The third-order valence-electron chi connectivity index (χ3n) is 4.24. The van der Waals surface area contributed by atoms with Gasteiger partial charge in [-0.05, 0) is 12.8 Å². The Morgan fingerprint density at radius 3 is 2.67 bits per heavy atom. The van der Waals surface area contributed by atoms with Crippen molar-refractivity contribution >= 4 is 5.78 Å². The van der Waals surface area contributed by atoms with Crippen LogP contribution in [0.15, 0.2) is 0 Å². The second kappa shape index (κ2) is 3.56. The molecule has 1 aliphatic heterocycles. The number of carbonyl (C=O) groups excluding carboxylic acids is 1. The zero-order valence-corrected chi connectivity index (χ0v) is 9.04. The van der Waals surface area contributed by atoms with Gasteiger partial charge in [-0.15, -0.1) is 0 Å². The fraction of sp³-hybridized carbons (Fsp3) is 0.917. The smallest absolute Gasteiger partial charge is 0.172 e. The molecule has 0 unspecified atom stereocenters. The molecule has 0 aromatic carbocycles. The van der Waals surface area contributed by atoms with Gasteiger partial charge >= 0.3 is 0 Å². The topological polar surface area (TPSA) is 35.5 Å². The molecule has 2 aliphatic carbocycles. The molecule has 3 aliphatic rings. The average Bonchev–Trinajstić information content (AvgIpc) is 2.74. The van der Waals surface area contributed by atoms with E-state index >= 15 is 0 Å². The maximum Gasteiger partial charge on any atom is 0.172 e. The monoisotopic (exact) mass is 210 g/mol. The number of carbonyl (C=O) groups is 1. The van der Waals surface area contributed by atoms with Gasteiger partial charge in [0.2, 0.25) is 0 Å². The Labute approximate surface area is 90.1 Å². The van der Waals surface area contributed by atoms with E-state index in [9.17, 15) is 4.79 Å². The molecule has 1 spiro atoms. The Morgan fingerprint density at radius 1 is 1.13 bits per heavy atom. The molecule has 1 heterocycles. The van der Waals surface area contributed by atoms with Gasteiger partial charge < -0.3 is 9.47 Å². The first kappa shape index (κ1) is 9.79. The molecule has 0 aromatic heterocycles. The largest absolute Gasteiger partial charge is 0.347 e. The summed E-state index contributed by atoms with van der Waals surface area (Å²) in [7, 11) is 0. The van der Waals surface area contributed by atoms with E-state index in [4.69, 9.17) is 9.47 Å². The van der Waals surface area contributed by atoms with Gasteiger partial charge in [0.05, 0.1) is 13.2 Å². The van der Waals surface area contributed by atoms with Crippen LogP contribution in [0, 0.1) is 11.8 Å². The second-order valence-electron chi connectivity index (χ2n) is 4.97. The summed E-state index contributed by atoms with van der Waals surface area (Å²) < 4.78 is 11.6. The predicted molar refractivity (Wildman–Crippen MR) is 54.3 cm³/mol. The zero-order chi connectivity index (χ0) is 10.3. The lowest BCUT2D eigenvalue weighted by molar-refractivity contribution is -0.228. The molecule has 3 fully saturated rings. The highest BCUT2D eigenvalue weighted by Gasteiger charge is 2.53. The minimum Gasteiger partial charge on any atom is -0.347 e. The van der Waals surface area contributed by atoms with Crippen LogP contribution >= 0.6 is 0 Å². The molecule has 2 saturated carbocycles. The molecule has 1 saturated heterocycles. The molecule has 3 heteroatoms. The molecular formula is C12H18O3. The zero-order valence-electron chi connectivity index (χ0n) is 9.04. The molecule has 0 aromatic rings. The Morgan fingerprint density at radius 2 is 1.87 bits per heavy atom. The van der Waals surface area contributed by atoms with Gasteiger partial charge in [0.1, 0.15) is 5.78 Å². The molecule has 3 rings (SSSR count). The quantitative estimate of drug-likeness (QED) is 0.612.